The minimum absolute atomic E-state index is 1.08. The Kier molecular flexibility index (Phi) is 2.08. The van der Waals surface area contributed by atoms with Gasteiger partial charge in [-0.25, -0.2) is 0 Å². The van der Waals surface area contributed by atoms with Gasteiger partial charge >= 0.3 is 0 Å². The van der Waals surface area contributed by atoms with Crippen molar-refractivity contribution in [1.82, 2.24) is 14.8 Å². The van der Waals surface area contributed by atoms with Crippen LogP contribution >= 0.6 is 0 Å². The summed E-state index contributed by atoms with van der Waals surface area (Å²) < 4.78 is 1.80. The van der Waals surface area contributed by atoms with Crippen molar-refractivity contribution in [2.45, 2.75) is 13.8 Å². The molecule has 0 aliphatic rings. The van der Waals surface area contributed by atoms with Gasteiger partial charge in [-0.05, 0) is 25.5 Å². The van der Waals surface area contributed by atoms with Gasteiger partial charge in [-0.1, -0.05) is 0 Å². The number of rotatable bonds is 1. The van der Waals surface area contributed by atoms with E-state index in [0.29, 0.717) is 0 Å². The first-order valence-electron chi connectivity index (χ1n) is 4.59. The Morgan fingerprint density at radius 3 is 2.50 bits per heavy atom. The SMILES string of the molecule is Cc1cc(-c2cnn(C)c2)cnc1C. The van der Waals surface area contributed by atoms with Crippen LogP contribution in [0.1, 0.15) is 11.3 Å². The Hall–Kier alpha value is -1.64. The van der Waals surface area contributed by atoms with Crippen molar-refractivity contribution >= 4 is 0 Å². The zero-order valence-electron chi connectivity index (χ0n) is 8.65. The second kappa shape index (κ2) is 3.25. The largest absolute Gasteiger partial charge is 0.275 e. The quantitative estimate of drug-likeness (QED) is 0.684. The summed E-state index contributed by atoms with van der Waals surface area (Å²) >= 11 is 0. The molecule has 0 atom stereocenters. The van der Waals surface area contributed by atoms with Crippen molar-refractivity contribution in [2.75, 3.05) is 0 Å². The number of aromatic nitrogens is 3. The lowest BCUT2D eigenvalue weighted by Gasteiger charge is -2.01. The molecule has 0 aliphatic heterocycles. The van der Waals surface area contributed by atoms with Gasteiger partial charge in [-0.15, -0.1) is 0 Å². The molecule has 2 heterocycles. The molecule has 72 valence electrons. The van der Waals surface area contributed by atoms with E-state index >= 15 is 0 Å². The summed E-state index contributed by atoms with van der Waals surface area (Å²) in [4.78, 5) is 4.33. The van der Waals surface area contributed by atoms with E-state index in [4.69, 9.17) is 0 Å². The highest BCUT2D eigenvalue weighted by molar-refractivity contribution is 5.61. The molecule has 0 saturated carbocycles. The van der Waals surface area contributed by atoms with Crippen LogP contribution in [0.4, 0.5) is 0 Å². The molecule has 0 radical (unpaired) electrons. The Bertz CT molecular complexity index is 457. The molecule has 2 aromatic rings. The van der Waals surface area contributed by atoms with Gasteiger partial charge < -0.3 is 0 Å². The lowest BCUT2D eigenvalue weighted by molar-refractivity contribution is 0.768. The van der Waals surface area contributed by atoms with Crippen LogP contribution in [0.2, 0.25) is 0 Å². The van der Waals surface area contributed by atoms with Gasteiger partial charge in [-0.2, -0.15) is 5.10 Å². The van der Waals surface area contributed by atoms with E-state index in [1.54, 1.807) is 4.68 Å². The Balaban J connectivity index is 2.47. The van der Waals surface area contributed by atoms with E-state index in [2.05, 4.69) is 23.1 Å². The number of nitrogens with zero attached hydrogens (tertiary/aromatic N) is 3. The molecule has 2 aromatic heterocycles. The van der Waals surface area contributed by atoms with Crippen LogP contribution in [0.3, 0.4) is 0 Å². The van der Waals surface area contributed by atoms with Crippen molar-refractivity contribution in [3.63, 3.8) is 0 Å². The van der Waals surface area contributed by atoms with E-state index in [1.165, 1.54) is 5.56 Å². The fourth-order valence-electron chi connectivity index (χ4n) is 1.37. The standard InChI is InChI=1S/C11H13N3/c1-8-4-10(5-12-9(8)2)11-6-13-14(3)7-11/h4-7H,1-3H3. The minimum atomic E-state index is 1.08. The summed E-state index contributed by atoms with van der Waals surface area (Å²) in [7, 11) is 1.91. The minimum Gasteiger partial charge on any atom is -0.275 e. The predicted molar refractivity (Wildman–Crippen MR) is 55.9 cm³/mol. The van der Waals surface area contributed by atoms with Gasteiger partial charge in [-0.3, -0.25) is 9.67 Å². The summed E-state index contributed by atoms with van der Waals surface area (Å²) in [6.07, 6.45) is 5.73. The maximum Gasteiger partial charge on any atom is 0.0568 e. The summed E-state index contributed by atoms with van der Waals surface area (Å²) in [6.45, 7) is 4.09. The van der Waals surface area contributed by atoms with E-state index in [0.717, 1.165) is 16.8 Å². The molecule has 0 spiro atoms. The van der Waals surface area contributed by atoms with Crippen LogP contribution in [-0.2, 0) is 7.05 Å². The fourth-order valence-corrected chi connectivity index (χ4v) is 1.37. The van der Waals surface area contributed by atoms with E-state index in [-0.39, 0.29) is 0 Å². The van der Waals surface area contributed by atoms with E-state index in [9.17, 15) is 0 Å². The van der Waals surface area contributed by atoms with Crippen molar-refractivity contribution in [3.8, 4) is 11.1 Å². The molecule has 0 unspecified atom stereocenters. The number of hydrogen-bond acceptors (Lipinski definition) is 2. The molecule has 0 bridgehead atoms. The summed E-state index contributed by atoms with van der Waals surface area (Å²) in [6, 6.07) is 2.14. The Morgan fingerprint density at radius 2 is 1.93 bits per heavy atom. The first kappa shape index (κ1) is 8.94. The molecule has 0 fully saturated rings. The molecule has 2 rings (SSSR count). The van der Waals surface area contributed by atoms with Crippen LogP contribution in [0, 0.1) is 13.8 Å². The molecule has 0 N–H and O–H groups in total. The average molecular weight is 187 g/mol. The van der Waals surface area contributed by atoms with Gasteiger partial charge in [0.2, 0.25) is 0 Å². The fraction of sp³-hybridized carbons (Fsp3) is 0.273. The van der Waals surface area contributed by atoms with Crippen LogP contribution in [0.25, 0.3) is 11.1 Å². The number of hydrogen-bond donors (Lipinski definition) is 0. The highest BCUT2D eigenvalue weighted by atomic mass is 15.2. The third kappa shape index (κ3) is 1.53. The van der Waals surface area contributed by atoms with Gasteiger partial charge in [0.1, 0.15) is 0 Å². The third-order valence-corrected chi connectivity index (χ3v) is 2.38. The van der Waals surface area contributed by atoms with Gasteiger partial charge in [0, 0.05) is 36.3 Å². The lowest BCUT2D eigenvalue weighted by atomic mass is 10.1. The summed E-state index contributed by atoms with van der Waals surface area (Å²) in [5.41, 5.74) is 4.54. The third-order valence-electron chi connectivity index (χ3n) is 2.38. The molecule has 3 nitrogen and oxygen atoms in total. The predicted octanol–water partition coefficient (Wildman–Crippen LogP) is 2.10. The lowest BCUT2D eigenvalue weighted by Crippen LogP contribution is -1.87. The summed E-state index contributed by atoms with van der Waals surface area (Å²) in [5.74, 6) is 0. The van der Waals surface area contributed by atoms with E-state index < -0.39 is 0 Å². The topological polar surface area (TPSA) is 30.7 Å². The first-order valence-corrected chi connectivity index (χ1v) is 4.59. The Morgan fingerprint density at radius 1 is 1.14 bits per heavy atom. The van der Waals surface area contributed by atoms with Gasteiger partial charge in [0.05, 0.1) is 6.20 Å². The van der Waals surface area contributed by atoms with Crippen molar-refractivity contribution in [2.24, 2.45) is 7.05 Å². The van der Waals surface area contributed by atoms with Crippen LogP contribution in [0.5, 0.6) is 0 Å². The smallest absolute Gasteiger partial charge is 0.0568 e. The normalized spacial score (nSPS) is 10.5. The molecule has 0 saturated heterocycles. The second-order valence-electron chi connectivity index (χ2n) is 3.53. The number of aryl methyl sites for hydroxylation is 3. The molecule has 0 aliphatic carbocycles. The van der Waals surface area contributed by atoms with Gasteiger partial charge in [0.25, 0.3) is 0 Å². The van der Waals surface area contributed by atoms with Crippen LogP contribution in [0.15, 0.2) is 24.7 Å². The zero-order valence-corrected chi connectivity index (χ0v) is 8.65. The first-order chi connectivity index (χ1) is 6.66. The average Bonchev–Trinajstić information content (AvgIpc) is 2.57. The molecular formula is C11H13N3. The Labute approximate surface area is 83.4 Å². The molecule has 14 heavy (non-hydrogen) atoms. The molecule has 3 heteroatoms. The molecule has 0 amide bonds. The maximum atomic E-state index is 4.33. The number of pyridine rings is 1. The highest BCUT2D eigenvalue weighted by Crippen LogP contribution is 2.19. The van der Waals surface area contributed by atoms with Crippen molar-refractivity contribution in [1.29, 1.82) is 0 Å². The van der Waals surface area contributed by atoms with Crippen molar-refractivity contribution < 1.29 is 0 Å². The molecule has 0 aromatic carbocycles. The van der Waals surface area contributed by atoms with Crippen LogP contribution < -0.4 is 0 Å². The highest BCUT2D eigenvalue weighted by Gasteiger charge is 2.02. The monoisotopic (exact) mass is 187 g/mol. The van der Waals surface area contributed by atoms with E-state index in [1.807, 2.05) is 32.6 Å². The van der Waals surface area contributed by atoms with Gasteiger partial charge in [0.15, 0.2) is 0 Å². The van der Waals surface area contributed by atoms with Crippen molar-refractivity contribution in [3.05, 3.63) is 35.9 Å². The molecular weight excluding hydrogens is 174 g/mol. The summed E-state index contributed by atoms with van der Waals surface area (Å²) in [5, 5.41) is 4.13. The second-order valence-corrected chi connectivity index (χ2v) is 3.53. The van der Waals surface area contributed by atoms with Crippen LogP contribution in [-0.4, -0.2) is 14.8 Å². The zero-order chi connectivity index (χ0) is 10.1. The maximum absolute atomic E-state index is 4.33.